The summed E-state index contributed by atoms with van der Waals surface area (Å²) in [5, 5.41) is 6.29. The lowest BCUT2D eigenvalue weighted by molar-refractivity contribution is -0.125. The van der Waals surface area contributed by atoms with E-state index in [2.05, 4.69) is 22.8 Å². The lowest BCUT2D eigenvalue weighted by atomic mass is 10.0. The molecule has 0 aliphatic heterocycles. The van der Waals surface area contributed by atoms with Crippen LogP contribution < -0.4 is 10.6 Å². The number of furan rings is 1. The molecule has 0 spiro atoms. The fourth-order valence-electron chi connectivity index (χ4n) is 3.05. The molecule has 1 heterocycles. The Balaban J connectivity index is 1.57. The van der Waals surface area contributed by atoms with Crippen LogP contribution in [0.15, 0.2) is 22.8 Å². The number of carbonyl (C=O) groups excluding carboxylic acids is 2. The van der Waals surface area contributed by atoms with E-state index >= 15 is 0 Å². The first-order valence-electron chi connectivity index (χ1n) is 8.21. The Kier molecular flexibility index (Phi) is 5.15. The zero-order valence-corrected chi connectivity index (χ0v) is 13.8. The van der Waals surface area contributed by atoms with Gasteiger partial charge in [-0.15, -0.1) is 0 Å². The normalized spacial score (nSPS) is 13.0. The highest BCUT2D eigenvalue weighted by atomic mass is 16.5. The SMILES string of the molecule is COCCNC(=O)CNC(=O)Cc1coc2cc3c(cc12)CCC3. The van der Waals surface area contributed by atoms with Crippen LogP contribution in [0.4, 0.5) is 0 Å². The van der Waals surface area contributed by atoms with Crippen molar-refractivity contribution in [2.45, 2.75) is 25.7 Å². The van der Waals surface area contributed by atoms with E-state index in [1.54, 1.807) is 13.4 Å². The molecular formula is C18H22N2O4. The quantitative estimate of drug-likeness (QED) is 0.751. The van der Waals surface area contributed by atoms with Gasteiger partial charge in [0.05, 0.1) is 25.8 Å². The van der Waals surface area contributed by atoms with Crippen molar-refractivity contribution in [2.75, 3.05) is 26.8 Å². The summed E-state index contributed by atoms with van der Waals surface area (Å²) in [5.41, 5.74) is 4.39. The summed E-state index contributed by atoms with van der Waals surface area (Å²) in [5.74, 6) is -0.421. The van der Waals surface area contributed by atoms with Gasteiger partial charge in [-0.05, 0) is 42.5 Å². The summed E-state index contributed by atoms with van der Waals surface area (Å²) in [6.45, 7) is 0.849. The molecule has 0 atom stereocenters. The molecule has 6 heteroatoms. The fourth-order valence-corrected chi connectivity index (χ4v) is 3.05. The van der Waals surface area contributed by atoms with Crippen molar-refractivity contribution >= 4 is 22.8 Å². The molecule has 3 rings (SSSR count). The summed E-state index contributed by atoms with van der Waals surface area (Å²) < 4.78 is 10.4. The van der Waals surface area contributed by atoms with Crippen LogP contribution in [-0.2, 0) is 33.6 Å². The minimum atomic E-state index is -0.227. The van der Waals surface area contributed by atoms with Crippen molar-refractivity contribution in [1.82, 2.24) is 10.6 Å². The van der Waals surface area contributed by atoms with Gasteiger partial charge in [0.15, 0.2) is 0 Å². The predicted octanol–water partition coefficient (Wildman–Crippen LogP) is 1.34. The molecule has 1 aromatic heterocycles. The molecule has 128 valence electrons. The van der Waals surface area contributed by atoms with E-state index < -0.39 is 0 Å². The van der Waals surface area contributed by atoms with Crippen LogP contribution in [0.25, 0.3) is 11.0 Å². The van der Waals surface area contributed by atoms with E-state index in [0.717, 1.165) is 29.4 Å². The van der Waals surface area contributed by atoms with E-state index in [1.807, 2.05) is 0 Å². The maximum Gasteiger partial charge on any atom is 0.239 e. The predicted molar refractivity (Wildman–Crippen MR) is 89.8 cm³/mol. The largest absolute Gasteiger partial charge is 0.464 e. The van der Waals surface area contributed by atoms with Crippen LogP contribution in [0.2, 0.25) is 0 Å². The van der Waals surface area contributed by atoms with Crippen LogP contribution in [0.5, 0.6) is 0 Å². The zero-order chi connectivity index (χ0) is 16.9. The summed E-state index contributed by atoms with van der Waals surface area (Å²) >= 11 is 0. The summed E-state index contributed by atoms with van der Waals surface area (Å²) in [4.78, 5) is 23.6. The smallest absolute Gasteiger partial charge is 0.239 e. The molecule has 0 fully saturated rings. The topological polar surface area (TPSA) is 80.6 Å². The first-order chi connectivity index (χ1) is 11.7. The number of aryl methyl sites for hydroxylation is 2. The van der Waals surface area contributed by atoms with Gasteiger partial charge in [0.2, 0.25) is 11.8 Å². The molecule has 0 bridgehead atoms. The highest BCUT2D eigenvalue weighted by Gasteiger charge is 2.16. The number of hydrogen-bond donors (Lipinski definition) is 2. The third-order valence-electron chi connectivity index (χ3n) is 4.29. The number of nitrogens with one attached hydrogen (secondary N) is 2. The fraction of sp³-hybridized carbons (Fsp3) is 0.444. The first-order valence-corrected chi connectivity index (χ1v) is 8.21. The third kappa shape index (κ3) is 3.76. The minimum Gasteiger partial charge on any atom is -0.464 e. The van der Waals surface area contributed by atoms with Crippen molar-refractivity contribution in [3.63, 3.8) is 0 Å². The molecule has 24 heavy (non-hydrogen) atoms. The van der Waals surface area contributed by atoms with Gasteiger partial charge in [0, 0.05) is 24.6 Å². The number of ether oxygens (including phenoxy) is 1. The van der Waals surface area contributed by atoms with Gasteiger partial charge < -0.3 is 19.8 Å². The Bertz CT molecular complexity index is 751. The molecule has 2 aromatic rings. The molecule has 2 N–H and O–H groups in total. The van der Waals surface area contributed by atoms with E-state index in [1.165, 1.54) is 17.5 Å². The molecule has 6 nitrogen and oxygen atoms in total. The van der Waals surface area contributed by atoms with Crippen LogP contribution >= 0.6 is 0 Å². The second-order valence-corrected chi connectivity index (χ2v) is 6.03. The van der Waals surface area contributed by atoms with Gasteiger partial charge in [0.1, 0.15) is 5.58 Å². The Labute approximate surface area is 140 Å². The van der Waals surface area contributed by atoms with Crippen LogP contribution in [0, 0.1) is 0 Å². The zero-order valence-electron chi connectivity index (χ0n) is 13.8. The van der Waals surface area contributed by atoms with Gasteiger partial charge in [-0.25, -0.2) is 0 Å². The molecule has 1 aliphatic carbocycles. The molecule has 0 saturated carbocycles. The van der Waals surface area contributed by atoms with Crippen molar-refractivity contribution in [3.05, 3.63) is 35.1 Å². The molecule has 1 aliphatic rings. The maximum atomic E-state index is 12.1. The maximum absolute atomic E-state index is 12.1. The summed E-state index contributed by atoms with van der Waals surface area (Å²) in [7, 11) is 1.57. The second-order valence-electron chi connectivity index (χ2n) is 6.03. The van der Waals surface area contributed by atoms with Crippen molar-refractivity contribution in [3.8, 4) is 0 Å². The summed E-state index contributed by atoms with van der Waals surface area (Å²) in [6.07, 6.45) is 5.20. The molecule has 0 radical (unpaired) electrons. The van der Waals surface area contributed by atoms with Crippen molar-refractivity contribution in [1.29, 1.82) is 0 Å². The third-order valence-corrected chi connectivity index (χ3v) is 4.29. The van der Waals surface area contributed by atoms with E-state index in [-0.39, 0.29) is 24.8 Å². The van der Waals surface area contributed by atoms with E-state index in [4.69, 9.17) is 9.15 Å². The molecule has 2 amide bonds. The van der Waals surface area contributed by atoms with E-state index in [9.17, 15) is 9.59 Å². The number of fused-ring (bicyclic) bond motifs is 2. The number of benzene rings is 1. The lowest BCUT2D eigenvalue weighted by Gasteiger charge is -2.06. The number of hydrogen-bond acceptors (Lipinski definition) is 4. The highest BCUT2D eigenvalue weighted by Crippen LogP contribution is 2.30. The van der Waals surface area contributed by atoms with Crippen molar-refractivity contribution < 1.29 is 18.7 Å². The standard InChI is InChI=1S/C18H22N2O4/c1-23-6-5-19-18(22)10-20-17(21)9-14-11-24-16-8-13-4-2-3-12(13)7-15(14)16/h7-8,11H,2-6,9-10H2,1H3,(H,19,22)(H,20,21). The van der Waals surface area contributed by atoms with Gasteiger partial charge in [0.25, 0.3) is 0 Å². The highest BCUT2D eigenvalue weighted by molar-refractivity contribution is 5.90. The molecule has 0 unspecified atom stereocenters. The van der Waals surface area contributed by atoms with Crippen LogP contribution in [0.3, 0.4) is 0 Å². The lowest BCUT2D eigenvalue weighted by Crippen LogP contribution is -2.38. The monoisotopic (exact) mass is 330 g/mol. The Morgan fingerprint density at radius 1 is 1.17 bits per heavy atom. The van der Waals surface area contributed by atoms with E-state index in [0.29, 0.717) is 13.2 Å². The number of methoxy groups -OCH3 is 1. The molecular weight excluding hydrogens is 308 g/mol. The average Bonchev–Trinajstić information content (AvgIpc) is 3.18. The first kappa shape index (κ1) is 16.5. The Morgan fingerprint density at radius 2 is 1.96 bits per heavy atom. The molecule has 0 saturated heterocycles. The number of carbonyl (C=O) groups is 2. The van der Waals surface area contributed by atoms with Crippen LogP contribution in [-0.4, -0.2) is 38.6 Å². The second kappa shape index (κ2) is 7.49. The molecule has 1 aromatic carbocycles. The van der Waals surface area contributed by atoms with Crippen LogP contribution in [0.1, 0.15) is 23.1 Å². The summed E-state index contributed by atoms with van der Waals surface area (Å²) in [6, 6.07) is 4.23. The minimum absolute atomic E-state index is 0.0340. The van der Waals surface area contributed by atoms with Crippen molar-refractivity contribution in [2.24, 2.45) is 0 Å². The van der Waals surface area contributed by atoms with Gasteiger partial charge >= 0.3 is 0 Å². The van der Waals surface area contributed by atoms with Gasteiger partial charge in [-0.3, -0.25) is 9.59 Å². The van der Waals surface area contributed by atoms with Gasteiger partial charge in [-0.2, -0.15) is 0 Å². The van der Waals surface area contributed by atoms with Gasteiger partial charge in [-0.1, -0.05) is 0 Å². The Hall–Kier alpha value is -2.34. The average molecular weight is 330 g/mol. The Morgan fingerprint density at radius 3 is 2.75 bits per heavy atom. The number of rotatable bonds is 7. The number of amides is 2.